The number of ether oxygens (including phenoxy) is 1. The molecule has 0 aliphatic carbocycles. The monoisotopic (exact) mass is 408 g/mol. The molecule has 7 heteroatoms. The van der Waals surface area contributed by atoms with Crippen LogP contribution in [0.25, 0.3) is 0 Å². The Labute approximate surface area is 168 Å². The lowest BCUT2D eigenvalue weighted by Gasteiger charge is -2.37. The van der Waals surface area contributed by atoms with Gasteiger partial charge in [0.1, 0.15) is 5.75 Å². The van der Waals surface area contributed by atoms with E-state index in [1.807, 2.05) is 23.1 Å². The number of rotatable bonds is 6. The van der Waals surface area contributed by atoms with E-state index in [0.717, 1.165) is 24.3 Å². The SMILES string of the molecule is Cc1ccc(Cl)cc1N1CCN(C(=O)CCc2ccc(OC(F)F)cc2)CC1. The molecule has 3 rings (SSSR count). The molecule has 0 unspecified atom stereocenters. The van der Waals surface area contributed by atoms with E-state index in [2.05, 4.69) is 16.6 Å². The fourth-order valence-electron chi connectivity index (χ4n) is 3.37. The summed E-state index contributed by atoms with van der Waals surface area (Å²) in [6, 6.07) is 12.3. The first kappa shape index (κ1) is 20.4. The Morgan fingerprint density at radius 2 is 1.79 bits per heavy atom. The Kier molecular flexibility index (Phi) is 6.73. The summed E-state index contributed by atoms with van der Waals surface area (Å²) < 4.78 is 28.7. The van der Waals surface area contributed by atoms with E-state index >= 15 is 0 Å². The molecule has 2 aromatic carbocycles. The molecule has 1 fully saturated rings. The van der Waals surface area contributed by atoms with Crippen molar-refractivity contribution in [1.82, 2.24) is 4.90 Å². The van der Waals surface area contributed by atoms with Gasteiger partial charge in [0.05, 0.1) is 0 Å². The number of benzene rings is 2. The molecule has 4 nitrogen and oxygen atoms in total. The molecule has 0 radical (unpaired) electrons. The largest absolute Gasteiger partial charge is 0.435 e. The smallest absolute Gasteiger partial charge is 0.387 e. The third-order valence-corrected chi connectivity index (χ3v) is 5.16. The molecule has 1 aliphatic heterocycles. The number of amides is 1. The van der Waals surface area contributed by atoms with Crippen molar-refractivity contribution < 1.29 is 18.3 Å². The molecule has 150 valence electrons. The van der Waals surface area contributed by atoms with Crippen LogP contribution in [0, 0.1) is 6.92 Å². The van der Waals surface area contributed by atoms with Crippen molar-refractivity contribution in [2.45, 2.75) is 26.4 Å². The lowest BCUT2D eigenvalue weighted by atomic mass is 10.1. The van der Waals surface area contributed by atoms with Gasteiger partial charge in [-0.05, 0) is 48.7 Å². The number of piperazine rings is 1. The van der Waals surface area contributed by atoms with Crippen LogP contribution in [0.5, 0.6) is 5.75 Å². The standard InChI is InChI=1S/C21H23ClF2N2O2/c1-15-2-6-17(22)14-19(15)25-10-12-26(13-11-25)20(27)9-5-16-3-7-18(8-4-16)28-21(23)24/h2-4,6-8,14,21H,5,9-13H2,1H3. The highest BCUT2D eigenvalue weighted by Gasteiger charge is 2.22. The van der Waals surface area contributed by atoms with E-state index in [9.17, 15) is 13.6 Å². The summed E-state index contributed by atoms with van der Waals surface area (Å²) >= 11 is 6.11. The van der Waals surface area contributed by atoms with Gasteiger partial charge in [-0.3, -0.25) is 4.79 Å². The van der Waals surface area contributed by atoms with Gasteiger partial charge in [0.25, 0.3) is 0 Å². The third kappa shape index (κ3) is 5.35. The molecule has 0 N–H and O–H groups in total. The highest BCUT2D eigenvalue weighted by Crippen LogP contribution is 2.25. The number of hydrogen-bond donors (Lipinski definition) is 0. The number of alkyl halides is 2. The highest BCUT2D eigenvalue weighted by atomic mass is 35.5. The van der Waals surface area contributed by atoms with E-state index in [4.69, 9.17) is 11.6 Å². The van der Waals surface area contributed by atoms with Crippen molar-refractivity contribution in [1.29, 1.82) is 0 Å². The zero-order chi connectivity index (χ0) is 20.1. The van der Waals surface area contributed by atoms with Crippen LogP contribution in [0.15, 0.2) is 42.5 Å². The maximum Gasteiger partial charge on any atom is 0.387 e. The van der Waals surface area contributed by atoms with Crippen molar-refractivity contribution in [2.75, 3.05) is 31.1 Å². The van der Waals surface area contributed by atoms with Gasteiger partial charge >= 0.3 is 6.61 Å². The van der Waals surface area contributed by atoms with E-state index in [0.29, 0.717) is 31.0 Å². The molecule has 1 saturated heterocycles. The van der Waals surface area contributed by atoms with Crippen LogP contribution in [0.3, 0.4) is 0 Å². The first-order valence-corrected chi connectivity index (χ1v) is 9.63. The van der Waals surface area contributed by atoms with Crippen LogP contribution in [0.1, 0.15) is 17.5 Å². The van der Waals surface area contributed by atoms with Gasteiger partial charge in [0.15, 0.2) is 0 Å². The van der Waals surface area contributed by atoms with Crippen LogP contribution in [-0.2, 0) is 11.2 Å². The zero-order valence-corrected chi connectivity index (χ0v) is 16.5. The van der Waals surface area contributed by atoms with Crippen molar-refractivity contribution in [2.24, 2.45) is 0 Å². The van der Waals surface area contributed by atoms with E-state index in [1.54, 1.807) is 12.1 Å². The maximum absolute atomic E-state index is 12.5. The minimum Gasteiger partial charge on any atom is -0.435 e. The summed E-state index contributed by atoms with van der Waals surface area (Å²) in [6.45, 7) is 2.11. The van der Waals surface area contributed by atoms with Crippen LogP contribution >= 0.6 is 11.6 Å². The number of anilines is 1. The molecule has 28 heavy (non-hydrogen) atoms. The van der Waals surface area contributed by atoms with Gasteiger partial charge in [0, 0.05) is 43.3 Å². The van der Waals surface area contributed by atoms with Crippen molar-refractivity contribution in [3.63, 3.8) is 0 Å². The Balaban J connectivity index is 1.48. The second kappa shape index (κ2) is 9.24. The predicted molar refractivity (Wildman–Crippen MR) is 106 cm³/mol. The van der Waals surface area contributed by atoms with Gasteiger partial charge in [-0.25, -0.2) is 0 Å². The average Bonchev–Trinajstić information content (AvgIpc) is 2.69. The quantitative estimate of drug-likeness (QED) is 0.704. The van der Waals surface area contributed by atoms with Crippen molar-refractivity contribution in [3.8, 4) is 5.75 Å². The number of hydrogen-bond acceptors (Lipinski definition) is 3. The predicted octanol–water partition coefficient (Wildman–Crippen LogP) is 4.53. The van der Waals surface area contributed by atoms with Crippen molar-refractivity contribution >= 4 is 23.2 Å². The fourth-order valence-corrected chi connectivity index (χ4v) is 3.53. The molecular weight excluding hydrogens is 386 g/mol. The van der Waals surface area contributed by atoms with Crippen molar-refractivity contribution in [3.05, 3.63) is 58.6 Å². The Hall–Kier alpha value is -2.34. The second-order valence-corrected chi connectivity index (χ2v) is 7.26. The number of carbonyl (C=O) groups excluding carboxylic acids is 1. The number of halogens is 3. The summed E-state index contributed by atoms with van der Waals surface area (Å²) in [4.78, 5) is 16.6. The van der Waals surface area contributed by atoms with Crippen LogP contribution in [-0.4, -0.2) is 43.6 Å². The number of nitrogens with zero attached hydrogens (tertiary/aromatic N) is 2. The van der Waals surface area contributed by atoms with Crippen LogP contribution in [0.2, 0.25) is 5.02 Å². The molecule has 0 saturated carbocycles. The van der Waals surface area contributed by atoms with Crippen LogP contribution in [0.4, 0.5) is 14.5 Å². The van der Waals surface area contributed by atoms with E-state index in [1.165, 1.54) is 17.7 Å². The molecule has 1 heterocycles. The first-order chi connectivity index (χ1) is 13.4. The maximum atomic E-state index is 12.5. The van der Waals surface area contributed by atoms with Gasteiger partial charge in [-0.2, -0.15) is 8.78 Å². The summed E-state index contributed by atoms with van der Waals surface area (Å²) in [6.07, 6.45) is 0.965. The summed E-state index contributed by atoms with van der Waals surface area (Å²) in [5.41, 5.74) is 3.21. The van der Waals surface area contributed by atoms with Crippen LogP contribution < -0.4 is 9.64 Å². The molecule has 0 atom stereocenters. The first-order valence-electron chi connectivity index (χ1n) is 9.25. The summed E-state index contributed by atoms with van der Waals surface area (Å²) in [7, 11) is 0. The molecular formula is C21H23ClF2N2O2. The lowest BCUT2D eigenvalue weighted by Crippen LogP contribution is -2.49. The summed E-state index contributed by atoms with van der Waals surface area (Å²) in [5, 5.41) is 0.712. The molecule has 0 bridgehead atoms. The van der Waals surface area contributed by atoms with E-state index in [-0.39, 0.29) is 11.7 Å². The Morgan fingerprint density at radius 1 is 1.11 bits per heavy atom. The van der Waals surface area contributed by atoms with Gasteiger partial charge in [-0.15, -0.1) is 0 Å². The second-order valence-electron chi connectivity index (χ2n) is 6.82. The molecule has 2 aromatic rings. The summed E-state index contributed by atoms with van der Waals surface area (Å²) in [5.74, 6) is 0.230. The fraction of sp³-hybridized carbons (Fsp3) is 0.381. The molecule has 0 spiro atoms. The minimum absolute atomic E-state index is 0.107. The van der Waals surface area contributed by atoms with Gasteiger partial charge < -0.3 is 14.5 Å². The zero-order valence-electron chi connectivity index (χ0n) is 15.7. The Morgan fingerprint density at radius 3 is 2.43 bits per heavy atom. The van der Waals surface area contributed by atoms with Gasteiger partial charge in [-0.1, -0.05) is 29.8 Å². The third-order valence-electron chi connectivity index (χ3n) is 4.92. The molecule has 1 aliphatic rings. The number of carbonyl (C=O) groups is 1. The normalized spacial score (nSPS) is 14.5. The Bertz CT molecular complexity index is 807. The van der Waals surface area contributed by atoms with Gasteiger partial charge in [0.2, 0.25) is 5.91 Å². The molecule has 0 aromatic heterocycles. The van der Waals surface area contributed by atoms with E-state index < -0.39 is 6.61 Å². The highest BCUT2D eigenvalue weighted by molar-refractivity contribution is 6.30. The minimum atomic E-state index is -2.83. The topological polar surface area (TPSA) is 32.8 Å². The number of aryl methyl sites for hydroxylation is 2. The lowest BCUT2D eigenvalue weighted by molar-refractivity contribution is -0.131. The average molecular weight is 409 g/mol. The molecule has 1 amide bonds.